The molecular formula is C15H23N3O5S. The fraction of sp³-hybridized carbons (Fsp3) is 0.467. The highest BCUT2D eigenvalue weighted by Gasteiger charge is 2.24. The van der Waals surface area contributed by atoms with Gasteiger partial charge in [-0.05, 0) is 26.0 Å². The standard InChI is InChI=1S/C15H23N3O5S/c1-10(2)16-15(20)9-18(4)24(21,22)12-6-7-13(17-11(3)19)14(8-12)23-5/h6-8,10H,9H2,1-5H3,(H,16,20)(H,17,19). The first-order valence-electron chi connectivity index (χ1n) is 7.29. The van der Waals surface area contributed by atoms with E-state index in [2.05, 4.69) is 10.6 Å². The Morgan fingerprint density at radius 3 is 2.42 bits per heavy atom. The number of anilines is 1. The van der Waals surface area contributed by atoms with E-state index in [4.69, 9.17) is 4.74 Å². The Morgan fingerprint density at radius 1 is 1.29 bits per heavy atom. The Bertz CT molecular complexity index is 716. The summed E-state index contributed by atoms with van der Waals surface area (Å²) in [6.07, 6.45) is 0. The van der Waals surface area contributed by atoms with Crippen molar-refractivity contribution in [2.75, 3.05) is 26.0 Å². The minimum atomic E-state index is -3.87. The Kier molecular flexibility index (Phi) is 6.73. The molecule has 2 N–H and O–H groups in total. The van der Waals surface area contributed by atoms with Crippen molar-refractivity contribution in [2.24, 2.45) is 0 Å². The Labute approximate surface area is 142 Å². The van der Waals surface area contributed by atoms with Crippen LogP contribution in [-0.4, -0.2) is 51.3 Å². The molecule has 0 atom stereocenters. The lowest BCUT2D eigenvalue weighted by Crippen LogP contribution is -2.40. The van der Waals surface area contributed by atoms with E-state index in [0.717, 1.165) is 4.31 Å². The molecule has 0 aliphatic carbocycles. The molecule has 0 unspecified atom stereocenters. The fourth-order valence-electron chi connectivity index (χ4n) is 1.96. The maximum absolute atomic E-state index is 12.6. The van der Waals surface area contributed by atoms with Crippen LogP contribution in [0.5, 0.6) is 5.75 Å². The van der Waals surface area contributed by atoms with E-state index in [1.807, 2.05) is 0 Å². The van der Waals surface area contributed by atoms with Crippen LogP contribution < -0.4 is 15.4 Å². The van der Waals surface area contributed by atoms with Crippen molar-refractivity contribution in [3.63, 3.8) is 0 Å². The summed E-state index contributed by atoms with van der Waals surface area (Å²) in [5.74, 6) is -0.476. The van der Waals surface area contributed by atoms with E-state index in [1.54, 1.807) is 13.8 Å². The molecule has 0 heterocycles. The second kappa shape index (κ2) is 8.11. The van der Waals surface area contributed by atoms with Crippen LogP contribution in [0.2, 0.25) is 0 Å². The van der Waals surface area contributed by atoms with Gasteiger partial charge in [0.25, 0.3) is 0 Å². The van der Waals surface area contributed by atoms with Crippen LogP contribution in [-0.2, 0) is 19.6 Å². The summed E-state index contributed by atoms with van der Waals surface area (Å²) in [5, 5.41) is 5.18. The number of ether oxygens (including phenoxy) is 1. The van der Waals surface area contributed by atoms with Gasteiger partial charge in [0, 0.05) is 26.1 Å². The topological polar surface area (TPSA) is 105 Å². The van der Waals surface area contributed by atoms with Crippen LogP contribution in [0.25, 0.3) is 0 Å². The summed E-state index contributed by atoms with van der Waals surface area (Å²) in [5.41, 5.74) is 0.365. The lowest BCUT2D eigenvalue weighted by atomic mass is 10.3. The van der Waals surface area contributed by atoms with Crippen molar-refractivity contribution in [3.05, 3.63) is 18.2 Å². The summed E-state index contributed by atoms with van der Waals surface area (Å²) in [7, 11) is -1.17. The van der Waals surface area contributed by atoms with Gasteiger partial charge in [-0.2, -0.15) is 4.31 Å². The molecule has 0 bridgehead atoms. The smallest absolute Gasteiger partial charge is 0.243 e. The van der Waals surface area contributed by atoms with Gasteiger partial charge >= 0.3 is 0 Å². The van der Waals surface area contributed by atoms with Crippen molar-refractivity contribution >= 4 is 27.5 Å². The van der Waals surface area contributed by atoms with E-state index < -0.39 is 15.9 Å². The molecule has 8 nitrogen and oxygen atoms in total. The monoisotopic (exact) mass is 357 g/mol. The Morgan fingerprint density at radius 2 is 1.92 bits per heavy atom. The molecule has 0 aliphatic rings. The third-order valence-corrected chi connectivity index (χ3v) is 4.81. The van der Waals surface area contributed by atoms with Crippen LogP contribution in [0.15, 0.2) is 23.1 Å². The summed E-state index contributed by atoms with van der Waals surface area (Å²) in [4.78, 5) is 22.9. The number of hydrogen-bond acceptors (Lipinski definition) is 5. The van der Waals surface area contributed by atoms with Crippen LogP contribution in [0, 0.1) is 0 Å². The largest absolute Gasteiger partial charge is 0.495 e. The van der Waals surface area contributed by atoms with Crippen molar-refractivity contribution in [3.8, 4) is 5.75 Å². The maximum atomic E-state index is 12.6. The number of amides is 2. The predicted molar refractivity (Wildman–Crippen MR) is 90.4 cm³/mol. The molecule has 1 rings (SSSR count). The quantitative estimate of drug-likeness (QED) is 0.751. The van der Waals surface area contributed by atoms with Crippen LogP contribution >= 0.6 is 0 Å². The number of benzene rings is 1. The van der Waals surface area contributed by atoms with Gasteiger partial charge < -0.3 is 15.4 Å². The van der Waals surface area contributed by atoms with Gasteiger partial charge in [-0.25, -0.2) is 8.42 Å². The molecule has 0 radical (unpaired) electrons. The average Bonchev–Trinajstić information content (AvgIpc) is 2.45. The second-order valence-electron chi connectivity index (χ2n) is 5.53. The molecule has 9 heteroatoms. The Balaban J connectivity index is 3.05. The summed E-state index contributed by atoms with van der Waals surface area (Å²) < 4.78 is 31.2. The zero-order chi connectivity index (χ0) is 18.5. The van der Waals surface area contributed by atoms with Gasteiger partial charge in [0.05, 0.1) is 24.2 Å². The first kappa shape index (κ1) is 19.9. The molecule has 2 amide bonds. The van der Waals surface area contributed by atoms with Crippen molar-refractivity contribution in [1.82, 2.24) is 9.62 Å². The van der Waals surface area contributed by atoms with Crippen LogP contribution in [0.1, 0.15) is 20.8 Å². The van der Waals surface area contributed by atoms with Crippen LogP contribution in [0.4, 0.5) is 5.69 Å². The molecule has 0 aliphatic heterocycles. The average molecular weight is 357 g/mol. The number of rotatable bonds is 7. The number of likely N-dealkylation sites (N-methyl/N-ethyl adjacent to an activating group) is 1. The second-order valence-corrected chi connectivity index (χ2v) is 7.57. The van der Waals surface area contributed by atoms with E-state index in [0.29, 0.717) is 5.69 Å². The number of nitrogens with zero attached hydrogens (tertiary/aromatic N) is 1. The van der Waals surface area contributed by atoms with Gasteiger partial charge in [-0.3, -0.25) is 9.59 Å². The van der Waals surface area contributed by atoms with Gasteiger partial charge in [-0.15, -0.1) is 0 Å². The Hall–Kier alpha value is -2.13. The summed E-state index contributed by atoms with van der Waals surface area (Å²) in [6.45, 7) is 4.62. The van der Waals surface area contributed by atoms with Gasteiger partial charge in [-0.1, -0.05) is 0 Å². The minimum absolute atomic E-state index is 0.0340. The predicted octanol–water partition coefficient (Wildman–Crippen LogP) is 0.799. The van der Waals surface area contributed by atoms with Crippen molar-refractivity contribution in [2.45, 2.75) is 31.7 Å². The molecule has 24 heavy (non-hydrogen) atoms. The number of carbonyl (C=O) groups excluding carboxylic acids is 2. The lowest BCUT2D eigenvalue weighted by molar-refractivity contribution is -0.121. The molecular weight excluding hydrogens is 334 g/mol. The molecule has 0 aromatic heterocycles. The highest BCUT2D eigenvalue weighted by atomic mass is 32.2. The molecule has 0 saturated carbocycles. The molecule has 0 spiro atoms. The molecule has 1 aromatic rings. The van der Waals surface area contributed by atoms with Gasteiger partial charge in [0.15, 0.2) is 0 Å². The van der Waals surface area contributed by atoms with E-state index in [-0.39, 0.29) is 29.1 Å². The third-order valence-electron chi connectivity index (χ3n) is 3.01. The molecule has 134 valence electrons. The highest BCUT2D eigenvalue weighted by Crippen LogP contribution is 2.28. The third kappa shape index (κ3) is 5.20. The van der Waals surface area contributed by atoms with Gasteiger partial charge in [0.1, 0.15) is 5.75 Å². The number of methoxy groups -OCH3 is 1. The fourth-order valence-corrected chi connectivity index (χ4v) is 3.10. The molecule has 1 aromatic carbocycles. The highest BCUT2D eigenvalue weighted by molar-refractivity contribution is 7.89. The van der Waals surface area contributed by atoms with Crippen molar-refractivity contribution in [1.29, 1.82) is 0 Å². The molecule has 0 saturated heterocycles. The van der Waals surface area contributed by atoms with Gasteiger partial charge in [0.2, 0.25) is 21.8 Å². The summed E-state index contributed by atoms with van der Waals surface area (Å²) >= 11 is 0. The maximum Gasteiger partial charge on any atom is 0.243 e. The SMILES string of the molecule is COc1cc(S(=O)(=O)N(C)CC(=O)NC(C)C)ccc1NC(C)=O. The zero-order valence-electron chi connectivity index (χ0n) is 14.4. The lowest BCUT2D eigenvalue weighted by Gasteiger charge is -2.19. The van der Waals surface area contributed by atoms with Crippen molar-refractivity contribution < 1.29 is 22.7 Å². The molecule has 0 fully saturated rings. The van der Waals surface area contributed by atoms with Crippen LogP contribution in [0.3, 0.4) is 0 Å². The number of carbonyl (C=O) groups is 2. The van der Waals surface area contributed by atoms with E-state index in [1.165, 1.54) is 39.3 Å². The number of nitrogens with one attached hydrogen (secondary N) is 2. The normalized spacial score (nSPS) is 11.5. The first-order valence-corrected chi connectivity index (χ1v) is 8.73. The van der Waals surface area contributed by atoms with E-state index in [9.17, 15) is 18.0 Å². The first-order chi connectivity index (χ1) is 11.1. The number of sulfonamides is 1. The van der Waals surface area contributed by atoms with E-state index >= 15 is 0 Å². The zero-order valence-corrected chi connectivity index (χ0v) is 15.2. The minimum Gasteiger partial charge on any atom is -0.495 e. The number of hydrogen-bond donors (Lipinski definition) is 2. The summed E-state index contributed by atoms with van der Waals surface area (Å²) in [6, 6.07) is 4.01.